The van der Waals surface area contributed by atoms with Crippen LogP contribution in [0.3, 0.4) is 0 Å². The zero-order valence-corrected chi connectivity index (χ0v) is 17.2. The first-order valence-electron chi connectivity index (χ1n) is 9.98. The van der Waals surface area contributed by atoms with Crippen molar-refractivity contribution in [3.05, 3.63) is 35.6 Å². The topological polar surface area (TPSA) is 87.9 Å². The third-order valence-electron chi connectivity index (χ3n) is 6.19. The van der Waals surface area contributed by atoms with Gasteiger partial charge in [-0.3, -0.25) is 4.90 Å². The van der Waals surface area contributed by atoms with E-state index in [-0.39, 0.29) is 36.1 Å². The minimum atomic E-state index is -3.30. The molecule has 29 heavy (non-hydrogen) atoms. The highest BCUT2D eigenvalue weighted by Gasteiger charge is 2.39. The van der Waals surface area contributed by atoms with Gasteiger partial charge in [-0.15, -0.1) is 0 Å². The van der Waals surface area contributed by atoms with E-state index < -0.39 is 22.0 Å². The number of likely N-dealkylation sites (tertiary alicyclic amines) is 1. The van der Waals surface area contributed by atoms with Crippen molar-refractivity contribution >= 4 is 10.0 Å². The molecule has 5 unspecified atom stereocenters. The molecule has 4 rings (SSSR count). The molecule has 0 amide bonds. The molecular weight excluding hydrogens is 402 g/mol. The van der Waals surface area contributed by atoms with E-state index in [0.717, 1.165) is 31.2 Å². The van der Waals surface area contributed by atoms with Crippen LogP contribution in [0.4, 0.5) is 8.78 Å². The molecule has 0 radical (unpaired) electrons. The summed E-state index contributed by atoms with van der Waals surface area (Å²) in [5.41, 5.74) is 10.4. The van der Waals surface area contributed by atoms with Gasteiger partial charge >= 0.3 is 0 Å². The molecule has 3 heterocycles. The standard InChI is InChI=1S/C19H28F2N4O3S/c1-29(26,27)25-10-13-9-24(11-18(13)23-25)8-12-4-5-28-19(17(22)6-12)15-7-14(20)2-3-16(15)21/h2-3,10,12,15,17-19,23H,4-9,11,22H2,1H3. The van der Waals surface area contributed by atoms with Crippen LogP contribution in [-0.4, -0.2) is 68.4 Å². The number of allylic oxidation sites excluding steroid dienone is 3. The van der Waals surface area contributed by atoms with E-state index in [1.54, 1.807) is 6.20 Å². The fourth-order valence-corrected chi connectivity index (χ4v) is 5.40. The summed E-state index contributed by atoms with van der Waals surface area (Å²) in [5, 5.41) is 0. The molecule has 1 aliphatic carbocycles. The maximum Gasteiger partial charge on any atom is 0.245 e. The van der Waals surface area contributed by atoms with Gasteiger partial charge in [-0.25, -0.2) is 27.0 Å². The Labute approximate surface area is 170 Å². The molecular formula is C19H28F2N4O3S. The first-order valence-corrected chi connectivity index (χ1v) is 11.8. The van der Waals surface area contributed by atoms with E-state index in [0.29, 0.717) is 19.6 Å². The van der Waals surface area contributed by atoms with Gasteiger partial charge in [-0.1, -0.05) is 0 Å². The molecule has 7 nitrogen and oxygen atoms in total. The van der Waals surface area contributed by atoms with Crippen LogP contribution in [0.1, 0.15) is 19.3 Å². The molecule has 0 aromatic heterocycles. The van der Waals surface area contributed by atoms with Crippen LogP contribution in [-0.2, 0) is 14.8 Å². The average molecular weight is 431 g/mol. The second kappa shape index (κ2) is 8.07. The molecule has 3 aliphatic heterocycles. The van der Waals surface area contributed by atoms with Gasteiger partial charge in [0.25, 0.3) is 0 Å². The Morgan fingerprint density at radius 1 is 1.34 bits per heavy atom. The van der Waals surface area contributed by atoms with E-state index in [2.05, 4.69) is 10.3 Å². The second-order valence-corrected chi connectivity index (χ2v) is 10.4. The lowest BCUT2D eigenvalue weighted by Gasteiger charge is -2.31. The van der Waals surface area contributed by atoms with Crippen LogP contribution in [0.5, 0.6) is 0 Å². The number of hydrazine groups is 1. The van der Waals surface area contributed by atoms with Gasteiger partial charge in [0, 0.05) is 50.8 Å². The molecule has 2 fully saturated rings. The minimum absolute atomic E-state index is 0.00408. The predicted octanol–water partition coefficient (Wildman–Crippen LogP) is 1.18. The Morgan fingerprint density at radius 3 is 2.86 bits per heavy atom. The largest absolute Gasteiger partial charge is 0.376 e. The van der Waals surface area contributed by atoms with Crippen molar-refractivity contribution in [1.82, 2.24) is 14.7 Å². The molecule has 0 aromatic rings. The molecule has 0 saturated carbocycles. The van der Waals surface area contributed by atoms with Crippen molar-refractivity contribution in [2.75, 3.05) is 32.5 Å². The highest BCUT2D eigenvalue weighted by Crippen LogP contribution is 2.35. The molecule has 0 bridgehead atoms. The zero-order valence-electron chi connectivity index (χ0n) is 16.4. The van der Waals surface area contributed by atoms with Crippen molar-refractivity contribution in [3.8, 4) is 0 Å². The summed E-state index contributed by atoms with van der Waals surface area (Å²) < 4.78 is 58.3. The highest BCUT2D eigenvalue weighted by molar-refractivity contribution is 7.88. The maximum absolute atomic E-state index is 14.2. The number of nitrogens with two attached hydrogens (primary N) is 1. The Balaban J connectivity index is 1.34. The molecule has 4 aliphatic rings. The number of fused-ring (bicyclic) bond motifs is 1. The summed E-state index contributed by atoms with van der Waals surface area (Å²) in [6.07, 6.45) is 6.13. The number of rotatable bonds is 4. The lowest BCUT2D eigenvalue weighted by Crippen LogP contribution is -2.44. The Bertz CT molecular complexity index is 844. The number of nitrogens with one attached hydrogen (secondary N) is 1. The number of sulfonamides is 1. The van der Waals surface area contributed by atoms with Crippen molar-refractivity contribution < 1.29 is 21.9 Å². The first-order chi connectivity index (χ1) is 13.7. The highest BCUT2D eigenvalue weighted by atomic mass is 32.2. The number of hydrogen-bond acceptors (Lipinski definition) is 6. The number of halogens is 2. The van der Waals surface area contributed by atoms with Gasteiger partial charge in [-0.05, 0) is 36.5 Å². The quantitative estimate of drug-likeness (QED) is 0.697. The van der Waals surface area contributed by atoms with Gasteiger partial charge in [0.05, 0.1) is 18.4 Å². The number of ether oxygens (including phenoxy) is 1. The number of nitrogens with zero attached hydrogens (tertiary/aromatic N) is 2. The summed E-state index contributed by atoms with van der Waals surface area (Å²) in [6.45, 7) is 2.72. The Hall–Kier alpha value is -1.33. The molecule has 162 valence electrons. The van der Waals surface area contributed by atoms with Gasteiger partial charge in [0.15, 0.2) is 0 Å². The molecule has 2 saturated heterocycles. The third kappa shape index (κ3) is 4.56. The zero-order chi connectivity index (χ0) is 20.8. The monoisotopic (exact) mass is 430 g/mol. The fraction of sp³-hybridized carbons (Fsp3) is 0.684. The van der Waals surface area contributed by atoms with Crippen LogP contribution in [0, 0.1) is 11.8 Å². The van der Waals surface area contributed by atoms with E-state index in [9.17, 15) is 17.2 Å². The smallest absolute Gasteiger partial charge is 0.245 e. The normalized spacial score (nSPS) is 36.3. The molecule has 10 heteroatoms. The van der Waals surface area contributed by atoms with Gasteiger partial charge in [0.2, 0.25) is 10.0 Å². The van der Waals surface area contributed by atoms with E-state index in [4.69, 9.17) is 10.5 Å². The van der Waals surface area contributed by atoms with Crippen molar-refractivity contribution in [3.63, 3.8) is 0 Å². The van der Waals surface area contributed by atoms with Gasteiger partial charge in [-0.2, -0.15) is 0 Å². The average Bonchev–Trinajstić information content (AvgIpc) is 3.13. The van der Waals surface area contributed by atoms with Crippen LogP contribution in [0.15, 0.2) is 35.6 Å². The summed E-state index contributed by atoms with van der Waals surface area (Å²) >= 11 is 0. The van der Waals surface area contributed by atoms with Crippen molar-refractivity contribution in [2.24, 2.45) is 17.6 Å². The van der Waals surface area contributed by atoms with Gasteiger partial charge < -0.3 is 10.5 Å². The summed E-state index contributed by atoms with van der Waals surface area (Å²) in [5.74, 6) is -1.08. The molecule has 5 atom stereocenters. The van der Waals surface area contributed by atoms with E-state index in [1.807, 2.05) is 0 Å². The van der Waals surface area contributed by atoms with Crippen LogP contribution < -0.4 is 11.2 Å². The predicted molar refractivity (Wildman–Crippen MR) is 105 cm³/mol. The Kier molecular flexibility index (Phi) is 5.82. The summed E-state index contributed by atoms with van der Waals surface area (Å²) in [4.78, 5) is 2.28. The second-order valence-electron chi connectivity index (χ2n) is 8.50. The molecule has 0 aromatic carbocycles. The summed E-state index contributed by atoms with van der Waals surface area (Å²) in [7, 11) is -3.30. The molecule has 3 N–H and O–H groups in total. The van der Waals surface area contributed by atoms with Gasteiger partial charge in [0.1, 0.15) is 11.7 Å². The molecule has 0 spiro atoms. The minimum Gasteiger partial charge on any atom is -0.376 e. The van der Waals surface area contributed by atoms with Crippen molar-refractivity contribution in [2.45, 2.75) is 37.5 Å². The fourth-order valence-electron chi connectivity index (χ4n) is 4.75. The Morgan fingerprint density at radius 2 is 2.14 bits per heavy atom. The van der Waals surface area contributed by atoms with E-state index >= 15 is 0 Å². The maximum atomic E-state index is 14.2. The lowest BCUT2D eigenvalue weighted by atomic mass is 9.85. The number of hydrogen-bond donors (Lipinski definition) is 2. The first kappa shape index (κ1) is 20.9. The van der Waals surface area contributed by atoms with Crippen molar-refractivity contribution in [1.29, 1.82) is 0 Å². The SMILES string of the molecule is CS(=O)(=O)N1C=C2CN(CC3CCOC(C4CC(F)=CC=C4F)C(N)C3)CC2N1. The van der Waals surface area contributed by atoms with Crippen LogP contribution in [0.25, 0.3) is 0 Å². The third-order valence-corrected chi connectivity index (χ3v) is 7.11. The van der Waals surface area contributed by atoms with Crippen LogP contribution >= 0.6 is 0 Å². The lowest BCUT2D eigenvalue weighted by molar-refractivity contribution is 0.00816. The van der Waals surface area contributed by atoms with Crippen LogP contribution in [0.2, 0.25) is 0 Å². The summed E-state index contributed by atoms with van der Waals surface area (Å²) in [6, 6.07) is -0.359. The van der Waals surface area contributed by atoms with E-state index in [1.165, 1.54) is 16.7 Å².